The number of aromatic nitrogens is 2. The van der Waals surface area contributed by atoms with Crippen LogP contribution in [0.15, 0.2) is 46.3 Å². The molecule has 1 saturated heterocycles. The van der Waals surface area contributed by atoms with Gasteiger partial charge in [-0.1, -0.05) is 5.16 Å². The number of oxime groups is 1. The largest absolute Gasteiger partial charge is 0.400 e. The lowest BCUT2D eigenvalue weighted by Gasteiger charge is -2.49. The Hall–Kier alpha value is -4.02. The lowest BCUT2D eigenvalue weighted by atomic mass is 10.0. The number of carbonyl (C=O) groups excluding carboxylic acids is 4. The Labute approximate surface area is 237 Å². The molecule has 16 heteroatoms. The Morgan fingerprint density at radius 3 is 2.75 bits per heavy atom. The molecule has 14 nitrogen and oxygen atoms in total. The minimum atomic E-state index is -0.925. The number of nitrogens with two attached hydrogens (primary N) is 1. The van der Waals surface area contributed by atoms with Crippen molar-refractivity contribution >= 4 is 57.6 Å². The summed E-state index contributed by atoms with van der Waals surface area (Å²) in [5, 5.41) is 7.64. The predicted octanol–water partition coefficient (Wildman–Crippen LogP) is -0.434. The van der Waals surface area contributed by atoms with E-state index in [2.05, 4.69) is 15.5 Å². The van der Waals surface area contributed by atoms with Gasteiger partial charge in [-0.3, -0.25) is 19.3 Å². The number of ether oxygens (including phenoxy) is 2. The standard InChI is InChI=1S/C24H27N7O7S2/c1-29(2)20(33)13-6-5-7-30(8-13)12-38-23(35)18-14(9-36-3)10-39-22-17(21(34)31(18)22)27-19(32)16(28-37-4)15-11-40-24(25)26-15/h5-8,11,17,22H,9-10,12H2,1-4H3,(H2-,25,26,27,32)/p+1/b28-16+/t17-,22-/m1/s1. The number of nitrogen functional groups attached to an aromatic ring is 1. The number of anilines is 1. The summed E-state index contributed by atoms with van der Waals surface area (Å²) in [6.07, 6.45) is 3.22. The molecular formula is C24H28N7O7S2+. The number of thiazole rings is 1. The number of hydrogen-bond acceptors (Lipinski definition) is 12. The molecule has 0 radical (unpaired) electrons. The number of β-lactam (4-membered cyclic amide) rings is 1. The second-order valence-electron chi connectivity index (χ2n) is 8.81. The number of amides is 3. The lowest BCUT2D eigenvalue weighted by Crippen LogP contribution is -2.71. The molecule has 0 unspecified atom stereocenters. The van der Waals surface area contributed by atoms with Crippen LogP contribution in [0.1, 0.15) is 16.1 Å². The number of pyridine rings is 1. The van der Waals surface area contributed by atoms with Crippen LogP contribution >= 0.6 is 23.1 Å². The first-order valence-corrected chi connectivity index (χ1v) is 13.8. The number of methoxy groups -OCH3 is 1. The number of esters is 1. The van der Waals surface area contributed by atoms with Gasteiger partial charge in [0.2, 0.25) is 0 Å². The maximum absolute atomic E-state index is 13.3. The zero-order valence-electron chi connectivity index (χ0n) is 22.2. The highest BCUT2D eigenvalue weighted by molar-refractivity contribution is 8.00. The molecule has 4 rings (SSSR count). The zero-order valence-corrected chi connectivity index (χ0v) is 23.8. The van der Waals surface area contributed by atoms with Gasteiger partial charge in [0, 0.05) is 38.4 Å². The second kappa shape index (κ2) is 12.4. The number of rotatable bonds is 10. The van der Waals surface area contributed by atoms with Gasteiger partial charge in [-0.05, 0) is 11.6 Å². The lowest BCUT2D eigenvalue weighted by molar-refractivity contribution is -0.727. The van der Waals surface area contributed by atoms with Gasteiger partial charge in [0.15, 0.2) is 23.2 Å². The molecule has 0 saturated carbocycles. The van der Waals surface area contributed by atoms with Gasteiger partial charge in [-0.15, -0.1) is 23.1 Å². The number of hydrogen-bond donors (Lipinski definition) is 2. The summed E-state index contributed by atoms with van der Waals surface area (Å²) in [5.74, 6) is -1.72. The number of nitrogens with one attached hydrogen (secondary N) is 1. The average Bonchev–Trinajstić information content (AvgIpc) is 3.38. The van der Waals surface area contributed by atoms with Crippen molar-refractivity contribution < 1.29 is 38.1 Å². The van der Waals surface area contributed by atoms with Crippen LogP contribution in [0, 0.1) is 0 Å². The molecule has 3 amide bonds. The quantitative estimate of drug-likeness (QED) is 0.122. The van der Waals surface area contributed by atoms with E-state index < -0.39 is 29.2 Å². The van der Waals surface area contributed by atoms with Crippen molar-refractivity contribution in [2.75, 3.05) is 46.4 Å². The van der Waals surface area contributed by atoms with E-state index in [0.717, 1.165) is 11.3 Å². The van der Waals surface area contributed by atoms with E-state index in [1.165, 1.54) is 35.8 Å². The fourth-order valence-electron chi connectivity index (χ4n) is 4.05. The molecule has 1 fully saturated rings. The van der Waals surface area contributed by atoms with Crippen molar-refractivity contribution in [1.82, 2.24) is 20.1 Å². The van der Waals surface area contributed by atoms with Crippen molar-refractivity contribution in [3.8, 4) is 0 Å². The average molecular weight is 591 g/mol. The third-order valence-corrected chi connectivity index (χ3v) is 7.88. The Bertz CT molecular complexity index is 1390. The summed E-state index contributed by atoms with van der Waals surface area (Å²) in [6.45, 7) is -0.0778. The van der Waals surface area contributed by atoms with Crippen LogP contribution in [0.5, 0.6) is 0 Å². The molecule has 2 aliphatic rings. The number of thioether (sulfide) groups is 1. The molecule has 212 valence electrons. The predicted molar refractivity (Wildman–Crippen MR) is 145 cm³/mol. The van der Waals surface area contributed by atoms with Crippen LogP contribution in [0.25, 0.3) is 0 Å². The van der Waals surface area contributed by atoms with Crippen molar-refractivity contribution in [3.05, 3.63) is 52.4 Å². The third kappa shape index (κ3) is 5.93. The summed E-state index contributed by atoms with van der Waals surface area (Å²) in [4.78, 5) is 63.3. The molecule has 4 heterocycles. The Kier molecular flexibility index (Phi) is 9.01. The Balaban J connectivity index is 1.48. The SMILES string of the molecule is COCC1=C(C(=O)OC[n+]2cccc(C(=O)N(C)C)c2)N2C(=O)[C@@H](NC(=O)/C(=N/OC)c3csc(N)n3)[C@H]2SC1. The van der Waals surface area contributed by atoms with Gasteiger partial charge in [0.1, 0.15) is 35.5 Å². The molecule has 2 atom stereocenters. The smallest absolute Gasteiger partial charge is 0.359 e. The van der Waals surface area contributed by atoms with Gasteiger partial charge in [-0.2, -0.15) is 4.57 Å². The number of carbonyl (C=O) groups is 4. The Morgan fingerprint density at radius 2 is 2.10 bits per heavy atom. The molecule has 3 N–H and O–H groups in total. The van der Waals surface area contributed by atoms with Crippen LogP contribution in [0.2, 0.25) is 0 Å². The topological polar surface area (TPSA) is 170 Å². The van der Waals surface area contributed by atoms with Crippen molar-refractivity contribution in [1.29, 1.82) is 0 Å². The van der Waals surface area contributed by atoms with E-state index >= 15 is 0 Å². The summed E-state index contributed by atoms with van der Waals surface area (Å²) >= 11 is 2.51. The van der Waals surface area contributed by atoms with Gasteiger partial charge < -0.3 is 30.3 Å². The second-order valence-corrected chi connectivity index (χ2v) is 10.8. The maximum atomic E-state index is 13.3. The van der Waals surface area contributed by atoms with E-state index in [4.69, 9.17) is 20.0 Å². The highest BCUT2D eigenvalue weighted by Crippen LogP contribution is 2.40. The molecule has 2 aromatic rings. The number of nitrogens with zero attached hydrogens (tertiary/aromatic N) is 5. The molecular weight excluding hydrogens is 562 g/mol. The molecule has 2 aliphatic heterocycles. The molecule has 2 aromatic heterocycles. The van der Waals surface area contributed by atoms with E-state index in [0.29, 0.717) is 16.9 Å². The maximum Gasteiger partial charge on any atom is 0.359 e. The van der Waals surface area contributed by atoms with Gasteiger partial charge in [-0.25, -0.2) is 9.78 Å². The summed E-state index contributed by atoms with van der Waals surface area (Å²) in [7, 11) is 6.05. The molecule has 0 aliphatic carbocycles. The summed E-state index contributed by atoms with van der Waals surface area (Å²) in [5.41, 5.74) is 6.82. The highest BCUT2D eigenvalue weighted by Gasteiger charge is 2.54. The van der Waals surface area contributed by atoms with Crippen LogP contribution in [0.4, 0.5) is 5.13 Å². The van der Waals surface area contributed by atoms with Crippen molar-refractivity contribution in [2.45, 2.75) is 18.1 Å². The molecule has 0 bridgehead atoms. The fourth-order valence-corrected chi connectivity index (χ4v) is 5.92. The normalized spacial score (nSPS) is 18.6. The van der Waals surface area contributed by atoms with Crippen molar-refractivity contribution in [2.24, 2.45) is 5.16 Å². The molecule has 0 spiro atoms. The summed E-state index contributed by atoms with van der Waals surface area (Å²) < 4.78 is 12.3. The molecule has 0 aromatic carbocycles. The van der Waals surface area contributed by atoms with E-state index in [1.807, 2.05) is 0 Å². The highest BCUT2D eigenvalue weighted by atomic mass is 32.2. The zero-order chi connectivity index (χ0) is 29.0. The van der Waals surface area contributed by atoms with Gasteiger partial charge in [0.05, 0.1) is 6.61 Å². The monoisotopic (exact) mass is 590 g/mol. The summed E-state index contributed by atoms with van der Waals surface area (Å²) in [6, 6.07) is 2.40. The number of fused-ring (bicyclic) bond motifs is 1. The van der Waals surface area contributed by atoms with Gasteiger partial charge in [0.25, 0.3) is 24.5 Å². The minimum Gasteiger partial charge on any atom is -0.400 e. The van der Waals surface area contributed by atoms with E-state index in [-0.39, 0.29) is 41.5 Å². The van der Waals surface area contributed by atoms with Gasteiger partial charge >= 0.3 is 5.97 Å². The molecule has 40 heavy (non-hydrogen) atoms. The van der Waals surface area contributed by atoms with Crippen LogP contribution in [-0.4, -0.2) is 96.3 Å². The first-order chi connectivity index (χ1) is 19.2. The van der Waals surface area contributed by atoms with E-state index in [9.17, 15) is 19.2 Å². The van der Waals surface area contributed by atoms with Crippen molar-refractivity contribution in [3.63, 3.8) is 0 Å². The van der Waals surface area contributed by atoms with E-state index in [1.54, 1.807) is 48.6 Å². The van der Waals surface area contributed by atoms with Crippen LogP contribution < -0.4 is 15.6 Å². The first-order valence-electron chi connectivity index (χ1n) is 11.8. The third-order valence-electron chi connectivity index (χ3n) is 5.86. The van der Waals surface area contributed by atoms with Crippen LogP contribution in [-0.2, 0) is 35.4 Å². The fraction of sp³-hybridized carbons (Fsp3) is 0.375. The van der Waals surface area contributed by atoms with Crippen LogP contribution in [0.3, 0.4) is 0 Å². The first kappa shape index (κ1) is 29.0. The Morgan fingerprint density at radius 1 is 1.32 bits per heavy atom. The minimum absolute atomic E-state index is 0.0697.